The van der Waals surface area contributed by atoms with Crippen LogP contribution in [0.25, 0.3) is 10.8 Å². The third kappa shape index (κ3) is 2.49. The van der Waals surface area contributed by atoms with Crippen molar-refractivity contribution in [2.24, 2.45) is 0 Å². The van der Waals surface area contributed by atoms with Crippen LogP contribution in [0.2, 0.25) is 0 Å². The van der Waals surface area contributed by atoms with Gasteiger partial charge in [-0.1, -0.05) is 30.3 Å². The summed E-state index contributed by atoms with van der Waals surface area (Å²) in [5.74, 6) is 0.910. The maximum Gasteiger partial charge on any atom is 0.120 e. The quantitative estimate of drug-likeness (QED) is 0.873. The molecular formula is C16H18O2. The summed E-state index contributed by atoms with van der Waals surface area (Å²) in [5.41, 5.74) is 0. The number of aliphatic hydroxyl groups excluding tert-OH is 1. The summed E-state index contributed by atoms with van der Waals surface area (Å²) in [5, 5.41) is 12.1. The second-order valence-corrected chi connectivity index (χ2v) is 5.07. The Morgan fingerprint density at radius 3 is 2.67 bits per heavy atom. The van der Waals surface area contributed by atoms with Crippen molar-refractivity contribution in [3.8, 4) is 5.75 Å². The molecule has 2 heteroatoms. The van der Waals surface area contributed by atoms with Gasteiger partial charge in [0.15, 0.2) is 0 Å². The minimum Gasteiger partial charge on any atom is -0.490 e. The minimum atomic E-state index is -0.191. The van der Waals surface area contributed by atoms with Crippen molar-refractivity contribution in [2.45, 2.75) is 37.9 Å². The van der Waals surface area contributed by atoms with Crippen molar-refractivity contribution in [2.75, 3.05) is 0 Å². The summed E-state index contributed by atoms with van der Waals surface area (Å²) in [6.45, 7) is 0. The summed E-state index contributed by atoms with van der Waals surface area (Å²) in [4.78, 5) is 0. The lowest BCUT2D eigenvalue weighted by molar-refractivity contribution is 0.0537. The van der Waals surface area contributed by atoms with Crippen LogP contribution >= 0.6 is 0 Å². The predicted molar refractivity (Wildman–Crippen MR) is 72.8 cm³/mol. The Kier molecular flexibility index (Phi) is 3.20. The standard InChI is InChI=1S/C16H18O2/c17-14-6-3-7-15(11-14)18-16-9-8-12-4-1-2-5-13(12)10-16/h1-2,4-5,8-10,14-15,17H,3,6-7,11H2. The van der Waals surface area contributed by atoms with Crippen LogP contribution in [0.15, 0.2) is 42.5 Å². The highest BCUT2D eigenvalue weighted by Crippen LogP contribution is 2.26. The fourth-order valence-corrected chi connectivity index (χ4v) is 2.66. The summed E-state index contributed by atoms with van der Waals surface area (Å²) in [6, 6.07) is 14.5. The SMILES string of the molecule is OC1CCCC(Oc2ccc3ccccc3c2)C1. The van der Waals surface area contributed by atoms with Crippen LogP contribution in [-0.4, -0.2) is 17.3 Å². The van der Waals surface area contributed by atoms with E-state index in [1.54, 1.807) is 0 Å². The van der Waals surface area contributed by atoms with E-state index in [4.69, 9.17) is 4.74 Å². The summed E-state index contributed by atoms with van der Waals surface area (Å²) in [6.07, 6.45) is 3.74. The predicted octanol–water partition coefficient (Wildman–Crippen LogP) is 3.52. The van der Waals surface area contributed by atoms with E-state index in [-0.39, 0.29) is 12.2 Å². The average molecular weight is 242 g/mol. The largest absolute Gasteiger partial charge is 0.490 e. The van der Waals surface area contributed by atoms with E-state index in [9.17, 15) is 5.11 Å². The number of benzene rings is 2. The summed E-state index contributed by atoms with van der Waals surface area (Å²) < 4.78 is 5.97. The van der Waals surface area contributed by atoms with Gasteiger partial charge in [-0.25, -0.2) is 0 Å². The van der Waals surface area contributed by atoms with E-state index in [1.165, 1.54) is 10.8 Å². The molecule has 1 fully saturated rings. The van der Waals surface area contributed by atoms with Crippen LogP contribution in [-0.2, 0) is 0 Å². The first kappa shape index (κ1) is 11.5. The molecule has 2 nitrogen and oxygen atoms in total. The van der Waals surface area contributed by atoms with Gasteiger partial charge < -0.3 is 9.84 Å². The van der Waals surface area contributed by atoms with E-state index in [0.717, 1.165) is 31.4 Å². The Morgan fingerprint density at radius 1 is 1.00 bits per heavy atom. The fraction of sp³-hybridized carbons (Fsp3) is 0.375. The first-order chi connectivity index (χ1) is 8.81. The van der Waals surface area contributed by atoms with Gasteiger partial charge >= 0.3 is 0 Å². The molecule has 0 bridgehead atoms. The maximum absolute atomic E-state index is 9.65. The summed E-state index contributed by atoms with van der Waals surface area (Å²) >= 11 is 0. The van der Waals surface area contributed by atoms with Gasteiger partial charge in [-0.15, -0.1) is 0 Å². The third-order valence-corrected chi connectivity index (χ3v) is 3.62. The monoisotopic (exact) mass is 242 g/mol. The Bertz CT molecular complexity index is 535. The van der Waals surface area contributed by atoms with Gasteiger partial charge in [-0.3, -0.25) is 0 Å². The smallest absolute Gasteiger partial charge is 0.120 e. The lowest BCUT2D eigenvalue weighted by Gasteiger charge is -2.26. The van der Waals surface area contributed by atoms with Crippen LogP contribution in [0.5, 0.6) is 5.75 Å². The molecule has 0 aliphatic heterocycles. The Morgan fingerprint density at radius 2 is 1.83 bits per heavy atom. The van der Waals surface area contributed by atoms with Gasteiger partial charge in [0.25, 0.3) is 0 Å². The van der Waals surface area contributed by atoms with E-state index < -0.39 is 0 Å². The van der Waals surface area contributed by atoms with E-state index in [1.807, 2.05) is 18.2 Å². The van der Waals surface area contributed by atoms with E-state index in [2.05, 4.69) is 24.3 Å². The molecular weight excluding hydrogens is 224 g/mol. The van der Waals surface area contributed by atoms with Gasteiger partial charge in [-0.05, 0) is 42.2 Å². The highest BCUT2D eigenvalue weighted by molar-refractivity contribution is 5.83. The molecule has 2 unspecified atom stereocenters. The van der Waals surface area contributed by atoms with Gasteiger partial charge in [0, 0.05) is 6.42 Å². The first-order valence-corrected chi connectivity index (χ1v) is 6.65. The van der Waals surface area contributed by atoms with Crippen molar-refractivity contribution >= 4 is 10.8 Å². The van der Waals surface area contributed by atoms with Crippen molar-refractivity contribution in [1.29, 1.82) is 0 Å². The van der Waals surface area contributed by atoms with Crippen molar-refractivity contribution in [1.82, 2.24) is 0 Å². The molecule has 1 aliphatic rings. The van der Waals surface area contributed by atoms with Crippen LogP contribution in [0.3, 0.4) is 0 Å². The van der Waals surface area contributed by atoms with Crippen LogP contribution in [0, 0.1) is 0 Å². The molecule has 1 N–H and O–H groups in total. The van der Waals surface area contributed by atoms with Gasteiger partial charge in [0.1, 0.15) is 11.9 Å². The third-order valence-electron chi connectivity index (χ3n) is 3.62. The second kappa shape index (κ2) is 4.99. The molecule has 0 spiro atoms. The molecule has 0 heterocycles. The number of fused-ring (bicyclic) bond motifs is 1. The number of hydrogen-bond acceptors (Lipinski definition) is 2. The number of rotatable bonds is 2. The van der Waals surface area contributed by atoms with Crippen molar-refractivity contribution in [3.63, 3.8) is 0 Å². The molecule has 0 amide bonds. The van der Waals surface area contributed by atoms with Crippen LogP contribution in [0.4, 0.5) is 0 Å². The second-order valence-electron chi connectivity index (χ2n) is 5.07. The fourth-order valence-electron chi connectivity index (χ4n) is 2.66. The van der Waals surface area contributed by atoms with Gasteiger partial charge in [0.2, 0.25) is 0 Å². The molecule has 0 aromatic heterocycles. The Hall–Kier alpha value is -1.54. The topological polar surface area (TPSA) is 29.5 Å². The molecule has 2 aromatic carbocycles. The maximum atomic E-state index is 9.65. The highest BCUT2D eigenvalue weighted by atomic mass is 16.5. The molecule has 2 atom stereocenters. The number of hydrogen-bond donors (Lipinski definition) is 1. The van der Waals surface area contributed by atoms with Gasteiger partial charge in [0.05, 0.1) is 6.10 Å². The Labute approximate surface area is 107 Å². The van der Waals surface area contributed by atoms with Crippen molar-refractivity contribution in [3.05, 3.63) is 42.5 Å². The molecule has 2 aromatic rings. The molecule has 3 rings (SSSR count). The van der Waals surface area contributed by atoms with Crippen molar-refractivity contribution < 1.29 is 9.84 Å². The molecule has 1 aliphatic carbocycles. The van der Waals surface area contributed by atoms with E-state index >= 15 is 0 Å². The van der Waals surface area contributed by atoms with Gasteiger partial charge in [-0.2, -0.15) is 0 Å². The zero-order valence-corrected chi connectivity index (χ0v) is 10.4. The summed E-state index contributed by atoms with van der Waals surface area (Å²) in [7, 11) is 0. The van der Waals surface area contributed by atoms with Crippen LogP contribution < -0.4 is 4.74 Å². The molecule has 18 heavy (non-hydrogen) atoms. The first-order valence-electron chi connectivity index (χ1n) is 6.65. The number of aliphatic hydroxyl groups is 1. The molecule has 0 saturated heterocycles. The molecule has 94 valence electrons. The zero-order chi connectivity index (χ0) is 12.4. The average Bonchev–Trinajstić information content (AvgIpc) is 2.39. The highest BCUT2D eigenvalue weighted by Gasteiger charge is 2.21. The zero-order valence-electron chi connectivity index (χ0n) is 10.4. The lowest BCUT2D eigenvalue weighted by atomic mass is 9.95. The minimum absolute atomic E-state index is 0.162. The normalized spacial score (nSPS) is 24.1. The Balaban J connectivity index is 1.78. The number of ether oxygens (including phenoxy) is 1. The molecule has 1 saturated carbocycles. The lowest BCUT2D eigenvalue weighted by Crippen LogP contribution is -2.28. The molecule has 0 radical (unpaired) electrons. The van der Waals surface area contributed by atoms with E-state index in [0.29, 0.717) is 0 Å². The van der Waals surface area contributed by atoms with Crippen LogP contribution in [0.1, 0.15) is 25.7 Å².